The van der Waals surface area contributed by atoms with Gasteiger partial charge in [-0.15, -0.1) is 0 Å². The molecule has 2 rings (SSSR count). The van der Waals surface area contributed by atoms with E-state index in [4.69, 9.17) is 0 Å². The number of nitrogens with one attached hydrogen (secondary N) is 2. The zero-order valence-electron chi connectivity index (χ0n) is 9.54. The fraction of sp³-hybridized carbons (Fsp3) is 0.636. The van der Waals surface area contributed by atoms with Crippen molar-refractivity contribution in [3.8, 4) is 0 Å². The topological polar surface area (TPSA) is 54.0 Å². The molecule has 0 radical (unpaired) electrons. The van der Waals surface area contributed by atoms with Crippen LogP contribution in [0.15, 0.2) is 9.98 Å². The van der Waals surface area contributed by atoms with Crippen LogP contribution in [-0.4, -0.2) is 24.0 Å². The maximum Gasteiger partial charge on any atom is 0.226 e. The van der Waals surface area contributed by atoms with Crippen LogP contribution in [0.4, 0.5) is 5.13 Å². The highest BCUT2D eigenvalue weighted by Gasteiger charge is 2.14. The Balaban J connectivity index is 1.70. The molecule has 4 nitrogen and oxygen atoms in total. The van der Waals surface area contributed by atoms with E-state index >= 15 is 0 Å². The van der Waals surface area contributed by atoms with Crippen molar-refractivity contribution >= 4 is 38.3 Å². The summed E-state index contributed by atoms with van der Waals surface area (Å²) >= 11 is 4.76. The predicted molar refractivity (Wildman–Crippen MR) is 73.3 cm³/mol. The number of halogens is 1. The van der Waals surface area contributed by atoms with E-state index in [2.05, 4.69) is 31.5 Å². The highest BCUT2D eigenvalue weighted by atomic mass is 79.9. The van der Waals surface area contributed by atoms with Crippen molar-refractivity contribution in [3.63, 3.8) is 0 Å². The van der Waals surface area contributed by atoms with E-state index in [0.29, 0.717) is 17.5 Å². The minimum absolute atomic E-state index is 0.0744. The molecule has 1 fully saturated rings. The second-order valence-electron chi connectivity index (χ2n) is 4.25. The van der Waals surface area contributed by atoms with Crippen LogP contribution in [0.3, 0.4) is 0 Å². The maximum atomic E-state index is 11.7. The molecule has 17 heavy (non-hydrogen) atoms. The number of piperidine rings is 1. The number of rotatable bonds is 4. The molecule has 94 valence electrons. The summed E-state index contributed by atoms with van der Waals surface area (Å²) in [6.07, 6.45) is 5.67. The average Bonchev–Trinajstić information content (AvgIpc) is 2.73. The van der Waals surface area contributed by atoms with E-state index in [1.807, 2.05) is 0 Å². The summed E-state index contributed by atoms with van der Waals surface area (Å²) in [5.41, 5.74) is 0. The molecule has 0 aliphatic carbocycles. The van der Waals surface area contributed by atoms with Crippen molar-refractivity contribution in [2.75, 3.05) is 18.4 Å². The van der Waals surface area contributed by atoms with E-state index in [1.165, 1.54) is 24.2 Å². The lowest BCUT2D eigenvalue weighted by Crippen LogP contribution is -2.28. The fourth-order valence-electron chi connectivity index (χ4n) is 2.00. The second-order valence-corrected chi connectivity index (χ2v) is 6.66. The summed E-state index contributed by atoms with van der Waals surface area (Å²) in [5.74, 6) is 0.774. The minimum Gasteiger partial charge on any atom is -0.317 e. The first kappa shape index (κ1) is 13.0. The number of amides is 1. The first-order valence-corrected chi connectivity index (χ1v) is 7.47. The largest absolute Gasteiger partial charge is 0.317 e. The third kappa shape index (κ3) is 4.37. The van der Waals surface area contributed by atoms with Crippen molar-refractivity contribution in [2.45, 2.75) is 25.7 Å². The van der Waals surface area contributed by atoms with E-state index in [9.17, 15) is 4.79 Å². The van der Waals surface area contributed by atoms with Gasteiger partial charge in [-0.25, -0.2) is 4.98 Å². The van der Waals surface area contributed by atoms with Crippen molar-refractivity contribution in [2.24, 2.45) is 5.92 Å². The van der Waals surface area contributed by atoms with Gasteiger partial charge in [0.25, 0.3) is 0 Å². The number of anilines is 1. The Morgan fingerprint density at radius 1 is 1.59 bits per heavy atom. The van der Waals surface area contributed by atoms with Crippen LogP contribution in [0, 0.1) is 5.92 Å². The quantitative estimate of drug-likeness (QED) is 0.897. The normalized spacial score (nSPS) is 17.0. The third-order valence-electron chi connectivity index (χ3n) is 2.96. The van der Waals surface area contributed by atoms with Gasteiger partial charge in [-0.05, 0) is 54.2 Å². The number of carbonyl (C=O) groups is 1. The lowest BCUT2D eigenvalue weighted by Gasteiger charge is -2.21. The highest BCUT2D eigenvalue weighted by Crippen LogP contribution is 2.24. The molecule has 0 atom stereocenters. The molecule has 1 amide bonds. The number of aromatic nitrogens is 1. The molecule has 6 heteroatoms. The molecule has 0 aromatic carbocycles. The van der Waals surface area contributed by atoms with Gasteiger partial charge in [-0.2, -0.15) is 0 Å². The van der Waals surface area contributed by atoms with Crippen molar-refractivity contribution < 1.29 is 4.79 Å². The Bertz CT molecular complexity index is 377. The summed E-state index contributed by atoms with van der Waals surface area (Å²) in [5, 5.41) is 6.83. The monoisotopic (exact) mass is 317 g/mol. The highest BCUT2D eigenvalue weighted by molar-refractivity contribution is 9.11. The zero-order chi connectivity index (χ0) is 12.1. The molecule has 0 unspecified atom stereocenters. The number of hydrogen-bond donors (Lipinski definition) is 2. The van der Waals surface area contributed by atoms with E-state index < -0.39 is 0 Å². The van der Waals surface area contributed by atoms with E-state index in [-0.39, 0.29) is 5.91 Å². The Hall–Kier alpha value is -0.460. The van der Waals surface area contributed by atoms with Crippen LogP contribution < -0.4 is 10.6 Å². The van der Waals surface area contributed by atoms with Crippen molar-refractivity contribution in [3.05, 3.63) is 9.98 Å². The van der Waals surface area contributed by atoms with Crippen LogP contribution >= 0.6 is 27.3 Å². The number of carbonyl (C=O) groups excluding carboxylic acids is 1. The van der Waals surface area contributed by atoms with Crippen molar-refractivity contribution in [1.29, 1.82) is 0 Å². The summed E-state index contributed by atoms with van der Waals surface area (Å²) in [7, 11) is 0. The van der Waals surface area contributed by atoms with Gasteiger partial charge < -0.3 is 10.6 Å². The third-order valence-corrected chi connectivity index (χ3v) is 4.35. The second kappa shape index (κ2) is 6.47. The summed E-state index contributed by atoms with van der Waals surface area (Å²) in [6.45, 7) is 2.18. The van der Waals surface area contributed by atoms with Gasteiger partial charge in [0.15, 0.2) is 5.13 Å². The summed E-state index contributed by atoms with van der Waals surface area (Å²) < 4.78 is 0.936. The van der Waals surface area contributed by atoms with Gasteiger partial charge in [0.05, 0.1) is 9.98 Å². The first-order chi connectivity index (χ1) is 8.24. The summed E-state index contributed by atoms with van der Waals surface area (Å²) in [6, 6.07) is 0. The molecular weight excluding hydrogens is 302 g/mol. The minimum atomic E-state index is 0.0744. The first-order valence-electron chi connectivity index (χ1n) is 5.86. The van der Waals surface area contributed by atoms with Crippen LogP contribution in [0.1, 0.15) is 25.7 Å². The van der Waals surface area contributed by atoms with Gasteiger partial charge in [-0.1, -0.05) is 11.3 Å². The fourth-order valence-corrected chi connectivity index (χ4v) is 3.12. The lowest BCUT2D eigenvalue weighted by atomic mass is 9.93. The molecule has 2 N–H and O–H groups in total. The van der Waals surface area contributed by atoms with Crippen LogP contribution in [0.5, 0.6) is 0 Å². The van der Waals surface area contributed by atoms with Crippen molar-refractivity contribution in [1.82, 2.24) is 10.3 Å². The predicted octanol–water partition coefficient (Wildman–Crippen LogP) is 2.62. The van der Waals surface area contributed by atoms with Gasteiger partial charge in [0.1, 0.15) is 0 Å². The molecule has 2 heterocycles. The zero-order valence-corrected chi connectivity index (χ0v) is 11.9. The smallest absolute Gasteiger partial charge is 0.226 e. The molecular formula is C11H16BrN3OS. The molecule has 1 aliphatic rings. The Kier molecular flexibility index (Phi) is 4.94. The van der Waals surface area contributed by atoms with Gasteiger partial charge in [0, 0.05) is 6.42 Å². The molecule has 1 aromatic heterocycles. The average molecular weight is 318 g/mol. The standard InChI is InChI=1S/C11H16BrN3OS/c12-9-7-14-11(17-9)15-10(16)2-1-8-3-5-13-6-4-8/h7-8,13H,1-6H2,(H,14,15,16). The molecule has 1 aliphatic heterocycles. The van der Waals surface area contributed by atoms with E-state index in [1.54, 1.807) is 6.20 Å². The number of thiazole rings is 1. The number of hydrogen-bond acceptors (Lipinski definition) is 4. The maximum absolute atomic E-state index is 11.7. The molecule has 1 aromatic rings. The van der Waals surface area contributed by atoms with Crippen LogP contribution in [0.2, 0.25) is 0 Å². The number of nitrogens with zero attached hydrogens (tertiary/aromatic N) is 1. The SMILES string of the molecule is O=C(CCC1CCNCC1)Nc1ncc(Br)s1. The van der Waals surface area contributed by atoms with Gasteiger partial charge in [0.2, 0.25) is 5.91 Å². The molecule has 0 saturated carbocycles. The summed E-state index contributed by atoms with van der Waals surface area (Å²) in [4.78, 5) is 15.8. The molecule has 0 bridgehead atoms. The van der Waals surface area contributed by atoms with Gasteiger partial charge in [-0.3, -0.25) is 4.79 Å². The van der Waals surface area contributed by atoms with Crippen LogP contribution in [0.25, 0.3) is 0 Å². The lowest BCUT2D eigenvalue weighted by molar-refractivity contribution is -0.116. The van der Waals surface area contributed by atoms with Gasteiger partial charge >= 0.3 is 0 Å². The Labute approximate surface area is 113 Å². The van der Waals surface area contributed by atoms with Crippen LogP contribution in [-0.2, 0) is 4.79 Å². The Morgan fingerprint density at radius 2 is 2.35 bits per heavy atom. The molecule has 0 spiro atoms. The molecule has 1 saturated heterocycles. The van der Waals surface area contributed by atoms with E-state index in [0.717, 1.165) is 23.3 Å². The Morgan fingerprint density at radius 3 is 3.00 bits per heavy atom.